The molecule has 0 saturated carbocycles. The first-order valence-corrected chi connectivity index (χ1v) is 7.39. The van der Waals surface area contributed by atoms with Crippen molar-refractivity contribution in [2.45, 2.75) is 11.8 Å². The van der Waals surface area contributed by atoms with Crippen LogP contribution in [0.3, 0.4) is 0 Å². The van der Waals surface area contributed by atoms with E-state index in [1.54, 1.807) is 17.8 Å². The van der Waals surface area contributed by atoms with Gasteiger partial charge in [-0.1, -0.05) is 36.1 Å². The standard InChI is InChI=1S/C17H15NO2S/c1-13(19)20-16-10-4-2-7-14(16)8-6-12-21-17-11-5-3-9-15(17)18/h2-5,7,9-11H,12,18H2,1H3. The van der Waals surface area contributed by atoms with Gasteiger partial charge in [-0.05, 0) is 24.3 Å². The minimum atomic E-state index is -0.351. The smallest absolute Gasteiger partial charge is 0.308 e. The molecular weight excluding hydrogens is 282 g/mol. The summed E-state index contributed by atoms with van der Waals surface area (Å²) in [4.78, 5) is 12.0. The molecule has 0 atom stereocenters. The van der Waals surface area contributed by atoms with Crippen molar-refractivity contribution in [3.8, 4) is 17.6 Å². The van der Waals surface area contributed by atoms with E-state index in [4.69, 9.17) is 10.5 Å². The number of para-hydroxylation sites is 2. The van der Waals surface area contributed by atoms with Crippen molar-refractivity contribution in [3.63, 3.8) is 0 Å². The van der Waals surface area contributed by atoms with Gasteiger partial charge >= 0.3 is 5.97 Å². The fourth-order valence-corrected chi connectivity index (χ4v) is 2.38. The van der Waals surface area contributed by atoms with Crippen LogP contribution in [0, 0.1) is 11.8 Å². The van der Waals surface area contributed by atoms with E-state index in [1.165, 1.54) is 6.92 Å². The first-order valence-electron chi connectivity index (χ1n) is 6.40. The first-order chi connectivity index (χ1) is 10.2. The van der Waals surface area contributed by atoms with E-state index in [0.29, 0.717) is 17.1 Å². The Morgan fingerprint density at radius 2 is 1.90 bits per heavy atom. The Bertz CT molecular complexity index is 701. The lowest BCUT2D eigenvalue weighted by atomic mass is 10.2. The molecule has 2 aromatic carbocycles. The Morgan fingerprint density at radius 1 is 1.19 bits per heavy atom. The van der Waals surface area contributed by atoms with Gasteiger partial charge in [0.1, 0.15) is 5.75 Å². The van der Waals surface area contributed by atoms with Gasteiger partial charge in [0, 0.05) is 17.5 Å². The van der Waals surface area contributed by atoms with Crippen molar-refractivity contribution in [2.24, 2.45) is 0 Å². The molecule has 0 fully saturated rings. The van der Waals surface area contributed by atoms with Gasteiger partial charge in [-0.15, -0.1) is 11.8 Å². The lowest BCUT2D eigenvalue weighted by molar-refractivity contribution is -0.131. The lowest BCUT2D eigenvalue weighted by Crippen LogP contribution is -2.02. The largest absolute Gasteiger partial charge is 0.425 e. The zero-order chi connectivity index (χ0) is 15.1. The van der Waals surface area contributed by atoms with Crippen LogP contribution < -0.4 is 10.5 Å². The molecule has 0 aromatic heterocycles. The number of nitrogens with two attached hydrogens (primary N) is 1. The predicted octanol–water partition coefficient (Wildman–Crippen LogP) is 3.34. The molecule has 2 N–H and O–H groups in total. The van der Waals surface area contributed by atoms with Crippen LogP contribution in [-0.4, -0.2) is 11.7 Å². The number of carbonyl (C=O) groups excluding carboxylic acids is 1. The number of nitrogen functional groups attached to an aromatic ring is 1. The molecule has 21 heavy (non-hydrogen) atoms. The third-order valence-electron chi connectivity index (χ3n) is 2.58. The van der Waals surface area contributed by atoms with Crippen LogP contribution in [0.1, 0.15) is 12.5 Å². The monoisotopic (exact) mass is 297 g/mol. The molecule has 0 saturated heterocycles. The van der Waals surface area contributed by atoms with Crippen molar-refractivity contribution >= 4 is 23.4 Å². The Hall–Kier alpha value is -2.38. The second-order valence-electron chi connectivity index (χ2n) is 4.22. The minimum Gasteiger partial charge on any atom is -0.425 e. The van der Waals surface area contributed by atoms with E-state index in [1.807, 2.05) is 42.5 Å². The van der Waals surface area contributed by atoms with Crippen molar-refractivity contribution < 1.29 is 9.53 Å². The Morgan fingerprint density at radius 3 is 2.67 bits per heavy atom. The number of hydrogen-bond donors (Lipinski definition) is 1. The maximum Gasteiger partial charge on any atom is 0.308 e. The van der Waals surface area contributed by atoms with Crippen LogP contribution in [-0.2, 0) is 4.79 Å². The number of rotatable bonds is 3. The molecule has 3 nitrogen and oxygen atoms in total. The van der Waals surface area contributed by atoms with Crippen LogP contribution in [0.5, 0.6) is 5.75 Å². The van der Waals surface area contributed by atoms with Gasteiger partial charge in [0.05, 0.1) is 11.3 Å². The van der Waals surface area contributed by atoms with E-state index in [2.05, 4.69) is 11.8 Å². The molecule has 0 aliphatic rings. The lowest BCUT2D eigenvalue weighted by Gasteiger charge is -2.03. The number of anilines is 1. The summed E-state index contributed by atoms with van der Waals surface area (Å²) in [6, 6.07) is 14.9. The van der Waals surface area contributed by atoms with Crippen molar-refractivity contribution in [3.05, 3.63) is 54.1 Å². The minimum absolute atomic E-state index is 0.351. The fourth-order valence-electron chi connectivity index (χ4n) is 1.67. The third kappa shape index (κ3) is 4.59. The van der Waals surface area contributed by atoms with E-state index >= 15 is 0 Å². The average molecular weight is 297 g/mol. The van der Waals surface area contributed by atoms with Gasteiger partial charge in [0.25, 0.3) is 0 Å². The molecule has 2 rings (SSSR count). The number of ether oxygens (including phenoxy) is 1. The molecule has 106 valence electrons. The summed E-state index contributed by atoms with van der Waals surface area (Å²) in [5.74, 6) is 6.83. The normalized spacial score (nSPS) is 9.57. The van der Waals surface area contributed by atoms with E-state index in [0.717, 1.165) is 10.6 Å². The van der Waals surface area contributed by atoms with Crippen LogP contribution >= 0.6 is 11.8 Å². The molecular formula is C17H15NO2S. The van der Waals surface area contributed by atoms with E-state index in [-0.39, 0.29) is 5.97 Å². The number of benzene rings is 2. The zero-order valence-corrected chi connectivity index (χ0v) is 12.4. The van der Waals surface area contributed by atoms with E-state index < -0.39 is 0 Å². The van der Waals surface area contributed by atoms with Gasteiger partial charge in [0.2, 0.25) is 0 Å². The average Bonchev–Trinajstić information content (AvgIpc) is 2.46. The summed E-state index contributed by atoms with van der Waals surface area (Å²) >= 11 is 1.58. The summed E-state index contributed by atoms with van der Waals surface area (Å²) < 4.78 is 5.11. The van der Waals surface area contributed by atoms with Gasteiger partial charge in [-0.2, -0.15) is 0 Å². The maximum absolute atomic E-state index is 11.0. The predicted molar refractivity (Wildman–Crippen MR) is 86.2 cm³/mol. The Labute approximate surface area is 128 Å². The second kappa shape index (κ2) is 7.41. The SMILES string of the molecule is CC(=O)Oc1ccccc1C#CCSc1ccccc1N. The Kier molecular flexibility index (Phi) is 5.30. The second-order valence-corrected chi connectivity index (χ2v) is 5.24. The molecule has 0 bridgehead atoms. The highest BCUT2D eigenvalue weighted by Gasteiger charge is 2.02. The number of thioether (sulfide) groups is 1. The number of carbonyl (C=O) groups is 1. The fraction of sp³-hybridized carbons (Fsp3) is 0.118. The van der Waals surface area contributed by atoms with Crippen molar-refractivity contribution in [1.29, 1.82) is 0 Å². The van der Waals surface area contributed by atoms with Crippen molar-refractivity contribution in [1.82, 2.24) is 0 Å². The topological polar surface area (TPSA) is 52.3 Å². The van der Waals surface area contributed by atoms with Crippen LogP contribution in [0.4, 0.5) is 5.69 Å². The molecule has 2 aromatic rings. The van der Waals surface area contributed by atoms with Gasteiger partial charge < -0.3 is 10.5 Å². The van der Waals surface area contributed by atoms with E-state index in [9.17, 15) is 4.79 Å². The molecule has 0 aliphatic heterocycles. The molecule has 0 heterocycles. The van der Waals surface area contributed by atoms with Crippen molar-refractivity contribution in [2.75, 3.05) is 11.5 Å². The summed E-state index contributed by atoms with van der Waals surface area (Å²) in [6.45, 7) is 1.37. The highest BCUT2D eigenvalue weighted by Crippen LogP contribution is 2.23. The van der Waals surface area contributed by atoms with Crippen LogP contribution in [0.2, 0.25) is 0 Å². The number of esters is 1. The maximum atomic E-state index is 11.0. The summed E-state index contributed by atoms with van der Waals surface area (Å²) in [5, 5.41) is 0. The molecule has 0 amide bonds. The molecule has 0 unspecified atom stereocenters. The van der Waals surface area contributed by atoms with Crippen LogP contribution in [0.25, 0.3) is 0 Å². The highest BCUT2D eigenvalue weighted by atomic mass is 32.2. The van der Waals surface area contributed by atoms with Gasteiger partial charge in [0.15, 0.2) is 0 Å². The Balaban J connectivity index is 2.03. The summed E-state index contributed by atoms with van der Waals surface area (Å²) in [6.07, 6.45) is 0. The quantitative estimate of drug-likeness (QED) is 0.310. The highest BCUT2D eigenvalue weighted by molar-refractivity contribution is 7.99. The summed E-state index contributed by atoms with van der Waals surface area (Å²) in [7, 11) is 0. The summed E-state index contributed by atoms with van der Waals surface area (Å²) in [5.41, 5.74) is 7.32. The van der Waals surface area contributed by atoms with Gasteiger partial charge in [-0.25, -0.2) is 0 Å². The molecule has 0 radical (unpaired) electrons. The van der Waals surface area contributed by atoms with Crippen LogP contribution in [0.15, 0.2) is 53.4 Å². The zero-order valence-electron chi connectivity index (χ0n) is 11.6. The number of hydrogen-bond acceptors (Lipinski definition) is 4. The third-order valence-corrected chi connectivity index (χ3v) is 3.55. The molecule has 0 spiro atoms. The first kappa shape index (κ1) is 15.0. The molecule has 0 aliphatic carbocycles. The van der Waals surface area contributed by atoms with Gasteiger partial charge in [-0.3, -0.25) is 4.79 Å². The molecule has 4 heteroatoms.